The molecule has 2 aromatic rings. The second kappa shape index (κ2) is 15.9. The minimum atomic E-state index is -3.27. The molecule has 4 aliphatic carbocycles. The Morgan fingerprint density at radius 2 is 1.43 bits per heavy atom. The van der Waals surface area contributed by atoms with Gasteiger partial charge in [-0.1, -0.05) is 19.6 Å². The van der Waals surface area contributed by atoms with Gasteiger partial charge in [0.15, 0.2) is 0 Å². The molecule has 0 aliphatic heterocycles. The van der Waals surface area contributed by atoms with Gasteiger partial charge in [-0.2, -0.15) is 0 Å². The van der Waals surface area contributed by atoms with E-state index in [9.17, 15) is 0 Å². The first kappa shape index (κ1) is 42.5. The average molecular weight is 1010 g/mol. The van der Waals surface area contributed by atoms with Gasteiger partial charge >= 0.3 is 339 Å². The van der Waals surface area contributed by atoms with Crippen LogP contribution < -0.4 is 10.4 Å². The van der Waals surface area contributed by atoms with Crippen molar-refractivity contribution in [1.29, 1.82) is 0 Å². The van der Waals surface area contributed by atoms with Crippen LogP contribution in [0.3, 0.4) is 0 Å². The van der Waals surface area contributed by atoms with E-state index in [1.165, 1.54) is 75.3 Å². The first-order valence-corrected chi connectivity index (χ1v) is 38.7. The molecule has 0 amide bonds. The maximum absolute atomic E-state index is 7.41. The Balaban J connectivity index is 1.73. The quantitative estimate of drug-likeness (QED) is 0.220. The van der Waals surface area contributed by atoms with Crippen LogP contribution in [0.25, 0.3) is 0 Å². The number of fused-ring (bicyclic) bond motifs is 2. The summed E-state index contributed by atoms with van der Waals surface area (Å²) in [4.78, 5) is 0. The van der Waals surface area contributed by atoms with E-state index in [-0.39, 0.29) is 5.92 Å². The average Bonchev–Trinajstić information content (AvgIpc) is 3.42. The van der Waals surface area contributed by atoms with Gasteiger partial charge in [0, 0.05) is 0 Å². The number of aryl methyl sites for hydroxylation is 2. The SMILES string of the molecule is CCC1=C(C2(c3cc(C)c([Si](C)(C)C)c(CC)c3)C(=[SiH2])C=CC=C3C(C)=C(CC)[C]([Hf]([Cl])[Cl])=C32)C2=CC=CCC(c3cc(Cl)c([Si](C)(C)C)c(Cl)c3)C2=C1. The predicted octanol–water partition coefficient (Wildman–Crippen LogP) is 12.7. The number of allylic oxidation sites excluding steroid dienone is 16. The summed E-state index contributed by atoms with van der Waals surface area (Å²) in [6.07, 6.45) is 20.2. The summed E-state index contributed by atoms with van der Waals surface area (Å²) in [6, 6.07) is 9.55. The molecular formula is C46H55Cl4HfSi3. The molecule has 0 fully saturated rings. The van der Waals surface area contributed by atoms with Crippen LogP contribution in [0.2, 0.25) is 49.3 Å². The van der Waals surface area contributed by atoms with E-state index < -0.39 is 40.6 Å². The molecule has 0 radical (unpaired) electrons. The van der Waals surface area contributed by atoms with Crippen molar-refractivity contribution in [2.45, 2.75) is 111 Å². The molecular weight excluding hydrogens is 957 g/mol. The molecule has 4 aliphatic rings. The number of rotatable bonds is 9. The molecule has 2 aromatic carbocycles. The molecule has 8 heteroatoms. The molecule has 2 unspecified atom stereocenters. The number of hydrogen-bond acceptors (Lipinski definition) is 0. The summed E-state index contributed by atoms with van der Waals surface area (Å²) in [5, 5.41) is 5.65. The van der Waals surface area contributed by atoms with Gasteiger partial charge in [-0.05, 0) is 0 Å². The van der Waals surface area contributed by atoms with Gasteiger partial charge in [0.25, 0.3) is 0 Å². The summed E-state index contributed by atoms with van der Waals surface area (Å²) in [5.74, 6) is 0.106. The molecule has 0 saturated carbocycles. The van der Waals surface area contributed by atoms with Crippen LogP contribution >= 0.6 is 40.4 Å². The van der Waals surface area contributed by atoms with Crippen molar-refractivity contribution in [3.63, 3.8) is 0 Å². The molecule has 54 heavy (non-hydrogen) atoms. The van der Waals surface area contributed by atoms with E-state index in [1.807, 2.05) is 0 Å². The third kappa shape index (κ3) is 7.07. The molecule has 0 aromatic heterocycles. The summed E-state index contributed by atoms with van der Waals surface area (Å²) in [6.45, 7) is 26.0. The summed E-state index contributed by atoms with van der Waals surface area (Å²) in [5.41, 5.74) is 15.5. The van der Waals surface area contributed by atoms with Gasteiger partial charge in [0.05, 0.1) is 0 Å². The number of halogens is 4. The minimum absolute atomic E-state index is 0.106. The first-order valence-electron chi connectivity index (χ1n) is 19.5. The first-order chi connectivity index (χ1) is 25.3. The molecule has 2 atom stereocenters. The van der Waals surface area contributed by atoms with Crippen molar-refractivity contribution in [2.75, 3.05) is 0 Å². The summed E-state index contributed by atoms with van der Waals surface area (Å²) >= 11 is 11.0. The monoisotopic (exact) mass is 1010 g/mol. The van der Waals surface area contributed by atoms with Crippen LogP contribution in [-0.2, 0) is 30.9 Å². The summed E-state index contributed by atoms with van der Waals surface area (Å²) < 4.78 is 1.28. The molecule has 6 rings (SSSR count). The molecule has 0 bridgehead atoms. The second-order valence-corrected chi connectivity index (χ2v) is 40.4. The molecule has 0 heterocycles. The van der Waals surface area contributed by atoms with Gasteiger partial charge in [-0.15, -0.1) is 0 Å². The van der Waals surface area contributed by atoms with Crippen molar-refractivity contribution in [1.82, 2.24) is 0 Å². The fraction of sp³-hybridized carbons (Fsp3) is 0.370. The van der Waals surface area contributed by atoms with Gasteiger partial charge in [-0.3, -0.25) is 0 Å². The Bertz CT molecular complexity index is 2190. The fourth-order valence-electron chi connectivity index (χ4n) is 9.98. The van der Waals surface area contributed by atoms with E-state index in [0.29, 0.717) is 0 Å². The van der Waals surface area contributed by atoms with Crippen molar-refractivity contribution in [2.24, 2.45) is 0 Å². The van der Waals surface area contributed by atoms with Crippen molar-refractivity contribution < 1.29 is 19.1 Å². The van der Waals surface area contributed by atoms with Gasteiger partial charge in [0.1, 0.15) is 0 Å². The van der Waals surface area contributed by atoms with E-state index in [1.54, 1.807) is 5.19 Å². The topological polar surface area (TPSA) is 0 Å². The molecule has 0 spiro atoms. The van der Waals surface area contributed by atoms with E-state index in [0.717, 1.165) is 40.9 Å². The van der Waals surface area contributed by atoms with Crippen LogP contribution in [0.15, 0.2) is 115 Å². The molecule has 0 N–H and O–H groups in total. The molecule has 0 saturated heterocycles. The predicted molar refractivity (Wildman–Crippen MR) is 247 cm³/mol. The van der Waals surface area contributed by atoms with Gasteiger partial charge in [0.2, 0.25) is 0 Å². The Hall–Kier alpha value is -1.09. The zero-order valence-electron chi connectivity index (χ0n) is 34.0. The zero-order chi connectivity index (χ0) is 39.7. The number of benzene rings is 2. The maximum atomic E-state index is 7.41. The van der Waals surface area contributed by atoms with E-state index in [4.69, 9.17) is 40.4 Å². The third-order valence-corrected chi connectivity index (χ3v) is 24.3. The summed E-state index contributed by atoms with van der Waals surface area (Å²) in [7, 11) is 13.5. The van der Waals surface area contributed by atoms with Crippen LogP contribution in [0.5, 0.6) is 0 Å². The van der Waals surface area contributed by atoms with Crippen LogP contribution in [0, 0.1) is 6.92 Å². The van der Waals surface area contributed by atoms with Crippen molar-refractivity contribution in [3.8, 4) is 0 Å². The molecule has 0 nitrogen and oxygen atoms in total. The normalized spacial score (nSPS) is 21.6. The zero-order valence-corrected chi connectivity index (χ0v) is 44.0. The van der Waals surface area contributed by atoms with Crippen LogP contribution in [-0.4, -0.2) is 31.2 Å². The van der Waals surface area contributed by atoms with Crippen molar-refractivity contribution >= 4 is 81.9 Å². The standard InChI is InChI=1S/C46H55Cl2Si3.2ClH.Hf/c1-12-30-25-39-35(29(30)5)20-17-21-42(49)46(39,34-22-28(4)44(50(6,7)8)32(14-3)23-34)43-31(13-2)24-38-36(18-15-16-19-37(38)43)33-26-40(47)45(41(48)27-33)51(9,10)11;;;/h15-17,19-24,26-27,36H,12-14,18,49H2,1-11H3;2*1H;/q;;;+2/p-2. The molecule has 283 valence electrons. The van der Waals surface area contributed by atoms with E-state index >= 15 is 0 Å². The van der Waals surface area contributed by atoms with E-state index in [2.05, 4.69) is 151 Å². The van der Waals surface area contributed by atoms with Crippen LogP contribution in [0.4, 0.5) is 0 Å². The van der Waals surface area contributed by atoms with Crippen molar-refractivity contribution in [3.05, 3.63) is 147 Å². The number of hydrogen-bond donors (Lipinski definition) is 0. The van der Waals surface area contributed by atoms with Crippen LogP contribution in [0.1, 0.15) is 75.1 Å². The Morgan fingerprint density at radius 3 is 1.98 bits per heavy atom. The van der Waals surface area contributed by atoms with Gasteiger partial charge in [-0.25, -0.2) is 0 Å². The Morgan fingerprint density at radius 1 is 0.796 bits per heavy atom. The Labute approximate surface area is 355 Å². The third-order valence-electron chi connectivity index (χ3n) is 12.0. The second-order valence-electron chi connectivity index (χ2n) is 17.4. The van der Waals surface area contributed by atoms with Gasteiger partial charge < -0.3 is 0 Å². The fourth-order valence-corrected chi connectivity index (χ4v) is 24.3. The Kier molecular flexibility index (Phi) is 12.5.